The Morgan fingerprint density at radius 3 is 3.46 bits per heavy atom. The number of hydrogen-bond donors (Lipinski definition) is 0. The van der Waals surface area contributed by atoms with Crippen molar-refractivity contribution in [1.82, 2.24) is 4.90 Å². The summed E-state index contributed by atoms with van der Waals surface area (Å²) in [5, 5.41) is 2.72. The number of ether oxygens (including phenoxy) is 1. The van der Waals surface area contributed by atoms with Crippen LogP contribution >= 0.6 is 11.8 Å². The zero-order chi connectivity index (χ0) is 9.26. The topological polar surface area (TPSA) is 41.9 Å². The van der Waals surface area contributed by atoms with Crippen molar-refractivity contribution in [2.45, 2.75) is 6.92 Å². The average Bonchev–Trinajstić information content (AvgIpc) is 2.62. The van der Waals surface area contributed by atoms with Gasteiger partial charge in [-0.3, -0.25) is 4.99 Å². The summed E-state index contributed by atoms with van der Waals surface area (Å²) in [7, 11) is 0. The first kappa shape index (κ1) is 8.62. The molecule has 13 heavy (non-hydrogen) atoms. The minimum absolute atomic E-state index is 0.248. The van der Waals surface area contributed by atoms with E-state index in [4.69, 9.17) is 4.74 Å². The predicted octanol–water partition coefficient (Wildman–Crippen LogP) is 0.809. The lowest BCUT2D eigenvalue weighted by molar-refractivity contribution is -0.139. The molecule has 0 aliphatic carbocycles. The zero-order valence-corrected chi connectivity index (χ0v) is 8.13. The van der Waals surface area contributed by atoms with Gasteiger partial charge in [-0.25, -0.2) is 4.79 Å². The fourth-order valence-electron chi connectivity index (χ4n) is 1.29. The van der Waals surface area contributed by atoms with Gasteiger partial charge in [0.05, 0.1) is 13.2 Å². The van der Waals surface area contributed by atoms with Crippen LogP contribution in [0.25, 0.3) is 0 Å². The van der Waals surface area contributed by atoms with Crippen LogP contribution in [0, 0.1) is 0 Å². The van der Waals surface area contributed by atoms with Crippen molar-refractivity contribution < 1.29 is 9.53 Å². The minimum atomic E-state index is -0.248. The van der Waals surface area contributed by atoms with Gasteiger partial charge in [0.15, 0.2) is 5.17 Å². The molecule has 2 aliphatic heterocycles. The van der Waals surface area contributed by atoms with Crippen LogP contribution in [0.1, 0.15) is 6.92 Å². The summed E-state index contributed by atoms with van der Waals surface area (Å²) < 4.78 is 4.92. The monoisotopic (exact) mass is 198 g/mol. The summed E-state index contributed by atoms with van der Waals surface area (Å²) >= 11 is 1.49. The Kier molecular flexibility index (Phi) is 2.26. The fraction of sp³-hybridized carbons (Fsp3) is 0.500. The summed E-state index contributed by atoms with van der Waals surface area (Å²) in [4.78, 5) is 17.5. The van der Waals surface area contributed by atoms with Crippen molar-refractivity contribution in [3.05, 3.63) is 11.1 Å². The largest absolute Gasteiger partial charge is 0.461 e. The molecule has 2 aliphatic rings. The second-order valence-corrected chi connectivity index (χ2v) is 3.49. The Morgan fingerprint density at radius 2 is 2.69 bits per heavy atom. The lowest BCUT2D eigenvalue weighted by atomic mass is 10.4. The van der Waals surface area contributed by atoms with Crippen LogP contribution in [-0.2, 0) is 9.53 Å². The molecule has 0 atom stereocenters. The molecule has 0 saturated heterocycles. The Bertz CT molecular complexity index is 299. The molecule has 0 saturated carbocycles. The van der Waals surface area contributed by atoms with Gasteiger partial charge in [0, 0.05) is 12.0 Å². The summed E-state index contributed by atoms with van der Waals surface area (Å²) in [6.07, 6.45) is 0. The van der Waals surface area contributed by atoms with Crippen molar-refractivity contribution in [2.24, 2.45) is 4.99 Å². The summed E-state index contributed by atoms with van der Waals surface area (Å²) in [6, 6.07) is 0. The number of fused-ring (bicyclic) bond motifs is 1. The third kappa shape index (κ3) is 1.44. The molecule has 5 heteroatoms. The number of amidine groups is 1. The highest BCUT2D eigenvalue weighted by atomic mass is 32.2. The molecule has 0 unspecified atom stereocenters. The molecule has 2 rings (SSSR count). The molecule has 0 spiro atoms. The number of esters is 1. The van der Waals surface area contributed by atoms with Crippen molar-refractivity contribution in [2.75, 3.05) is 19.7 Å². The van der Waals surface area contributed by atoms with Crippen LogP contribution in [0.3, 0.4) is 0 Å². The van der Waals surface area contributed by atoms with E-state index < -0.39 is 0 Å². The molecule has 70 valence electrons. The van der Waals surface area contributed by atoms with Gasteiger partial charge in [-0.05, 0) is 6.92 Å². The van der Waals surface area contributed by atoms with E-state index in [0.29, 0.717) is 12.3 Å². The van der Waals surface area contributed by atoms with Crippen molar-refractivity contribution in [1.29, 1.82) is 0 Å². The maximum Gasteiger partial charge on any atom is 0.355 e. The molecule has 0 aromatic rings. The van der Waals surface area contributed by atoms with Crippen LogP contribution in [0.4, 0.5) is 0 Å². The van der Waals surface area contributed by atoms with Gasteiger partial charge < -0.3 is 9.64 Å². The normalized spacial score (nSPS) is 19.6. The molecule has 2 heterocycles. The fourth-order valence-corrected chi connectivity index (χ4v) is 2.21. The molecular formula is C8H10N2O2S. The molecule has 0 N–H and O–H groups in total. The maximum atomic E-state index is 11.4. The smallest absolute Gasteiger partial charge is 0.355 e. The first-order valence-electron chi connectivity index (χ1n) is 4.19. The molecule has 0 aromatic carbocycles. The van der Waals surface area contributed by atoms with Crippen LogP contribution in [-0.4, -0.2) is 35.7 Å². The molecule has 4 nitrogen and oxygen atoms in total. The third-order valence-electron chi connectivity index (χ3n) is 1.85. The van der Waals surface area contributed by atoms with Crippen LogP contribution in [0.2, 0.25) is 0 Å². The lowest BCUT2D eigenvalue weighted by Crippen LogP contribution is -2.26. The van der Waals surface area contributed by atoms with E-state index in [-0.39, 0.29) is 5.97 Å². The number of carbonyl (C=O) groups excluding carboxylic acids is 1. The highest BCUT2D eigenvalue weighted by Gasteiger charge is 2.31. The number of hydrogen-bond acceptors (Lipinski definition) is 5. The van der Waals surface area contributed by atoms with Crippen molar-refractivity contribution >= 4 is 22.9 Å². The predicted molar refractivity (Wildman–Crippen MR) is 51.3 cm³/mol. The third-order valence-corrected chi connectivity index (χ3v) is 2.75. The van der Waals surface area contributed by atoms with E-state index in [2.05, 4.69) is 4.99 Å². The van der Waals surface area contributed by atoms with Gasteiger partial charge in [0.25, 0.3) is 0 Å². The molecule has 0 radical (unpaired) electrons. The first-order valence-corrected chi connectivity index (χ1v) is 5.07. The Labute approximate surface area is 80.6 Å². The lowest BCUT2D eigenvalue weighted by Gasteiger charge is -2.14. The molecular weight excluding hydrogens is 188 g/mol. The Hall–Kier alpha value is -0.970. The molecule has 0 aromatic heterocycles. The molecule has 0 bridgehead atoms. The van der Waals surface area contributed by atoms with Crippen LogP contribution < -0.4 is 0 Å². The number of rotatable bonds is 2. The van der Waals surface area contributed by atoms with E-state index in [1.165, 1.54) is 11.8 Å². The van der Waals surface area contributed by atoms with Gasteiger partial charge in [-0.2, -0.15) is 0 Å². The summed E-state index contributed by atoms with van der Waals surface area (Å²) in [5.41, 5.74) is 0.628. The number of thioether (sulfide) groups is 1. The standard InChI is InChI=1S/C8H10N2O2S/c1-2-12-7(11)6-5-13-8-9-3-4-10(6)8/h5H,2-4H2,1H3. The van der Waals surface area contributed by atoms with Gasteiger partial charge in [0.2, 0.25) is 0 Å². The highest BCUT2D eigenvalue weighted by Crippen LogP contribution is 2.29. The minimum Gasteiger partial charge on any atom is -0.461 e. The number of nitrogens with zero attached hydrogens (tertiary/aromatic N) is 2. The van der Waals surface area contributed by atoms with Crippen molar-refractivity contribution in [3.8, 4) is 0 Å². The first-order chi connectivity index (χ1) is 6.33. The van der Waals surface area contributed by atoms with Crippen LogP contribution in [0.15, 0.2) is 16.1 Å². The average molecular weight is 198 g/mol. The molecule has 0 fully saturated rings. The van der Waals surface area contributed by atoms with Gasteiger partial charge in [-0.1, -0.05) is 11.8 Å². The number of aliphatic imine (C=N–C) groups is 1. The van der Waals surface area contributed by atoms with Crippen LogP contribution in [0.5, 0.6) is 0 Å². The van der Waals surface area contributed by atoms with E-state index in [0.717, 1.165) is 18.3 Å². The highest BCUT2D eigenvalue weighted by molar-refractivity contribution is 8.16. The maximum absolute atomic E-state index is 11.4. The van der Waals surface area contributed by atoms with E-state index in [9.17, 15) is 4.79 Å². The Balaban J connectivity index is 2.09. The Morgan fingerprint density at radius 1 is 1.85 bits per heavy atom. The number of carbonyl (C=O) groups is 1. The van der Waals surface area contributed by atoms with E-state index >= 15 is 0 Å². The van der Waals surface area contributed by atoms with E-state index in [1.54, 1.807) is 12.3 Å². The van der Waals surface area contributed by atoms with Gasteiger partial charge in [-0.15, -0.1) is 0 Å². The second-order valence-electron chi connectivity index (χ2n) is 2.66. The summed E-state index contributed by atoms with van der Waals surface area (Å²) in [6.45, 7) is 3.80. The summed E-state index contributed by atoms with van der Waals surface area (Å²) in [5.74, 6) is -0.248. The SMILES string of the molecule is CCOC(=O)C1=CSC2=NCCN12. The van der Waals surface area contributed by atoms with Gasteiger partial charge >= 0.3 is 5.97 Å². The zero-order valence-electron chi connectivity index (χ0n) is 7.32. The second kappa shape index (κ2) is 3.41. The van der Waals surface area contributed by atoms with Gasteiger partial charge in [0.1, 0.15) is 5.70 Å². The van der Waals surface area contributed by atoms with Crippen molar-refractivity contribution in [3.63, 3.8) is 0 Å². The van der Waals surface area contributed by atoms with E-state index in [1.807, 2.05) is 4.90 Å². The quantitative estimate of drug-likeness (QED) is 0.616. The molecule has 0 amide bonds.